The lowest BCUT2D eigenvalue weighted by Gasteiger charge is -2.08. The highest BCUT2D eigenvalue weighted by Gasteiger charge is 2.16. The molecule has 3 aromatic heterocycles. The highest BCUT2D eigenvalue weighted by atomic mass is 32.2. The third-order valence-electron chi connectivity index (χ3n) is 3.92. The van der Waals surface area contributed by atoms with Crippen molar-refractivity contribution in [3.8, 4) is 0 Å². The Kier molecular flexibility index (Phi) is 4.57. The van der Waals surface area contributed by atoms with Gasteiger partial charge in [-0.25, -0.2) is 18.4 Å². The van der Waals surface area contributed by atoms with E-state index in [1.165, 1.54) is 41.8 Å². The first kappa shape index (κ1) is 18.1. The normalized spacial score (nSPS) is 11.5. The first-order chi connectivity index (χ1) is 13.4. The number of anilines is 2. The summed E-state index contributed by atoms with van der Waals surface area (Å²) >= 11 is 1.19. The van der Waals surface area contributed by atoms with E-state index in [1.807, 2.05) is 17.5 Å². The van der Waals surface area contributed by atoms with Crippen LogP contribution in [0.2, 0.25) is 0 Å². The minimum absolute atomic E-state index is 0.0787. The van der Waals surface area contributed by atoms with Gasteiger partial charge >= 0.3 is 0 Å². The Bertz CT molecular complexity index is 1250. The van der Waals surface area contributed by atoms with Crippen LogP contribution in [0.4, 0.5) is 10.8 Å². The van der Waals surface area contributed by atoms with Gasteiger partial charge in [0, 0.05) is 35.2 Å². The monoisotopic (exact) mass is 413 g/mol. The lowest BCUT2D eigenvalue weighted by molar-refractivity contribution is 0.102. The molecule has 142 valence electrons. The van der Waals surface area contributed by atoms with E-state index in [2.05, 4.69) is 20.0 Å². The standard InChI is InChI=1S/C18H15N5O3S2/c1-12-11-23-8-6-13(10-16(23)20-12)17(24)21-14-2-4-15(5-3-14)28(25,26)22-18-19-7-9-27-18/h2-11H,1H3,(H,19,22)(H,21,24). The van der Waals surface area contributed by atoms with Gasteiger partial charge in [-0.2, -0.15) is 0 Å². The zero-order valence-corrected chi connectivity index (χ0v) is 16.3. The zero-order chi connectivity index (χ0) is 19.7. The molecule has 4 aromatic rings. The van der Waals surface area contributed by atoms with Gasteiger partial charge in [-0.15, -0.1) is 11.3 Å². The maximum atomic E-state index is 12.5. The van der Waals surface area contributed by atoms with E-state index in [0.29, 0.717) is 22.0 Å². The number of benzene rings is 1. The number of fused-ring (bicyclic) bond motifs is 1. The average molecular weight is 413 g/mol. The minimum atomic E-state index is -3.73. The largest absolute Gasteiger partial charge is 0.322 e. The fourth-order valence-electron chi connectivity index (χ4n) is 2.62. The molecule has 0 aliphatic carbocycles. The Morgan fingerprint density at radius 2 is 1.96 bits per heavy atom. The summed E-state index contributed by atoms with van der Waals surface area (Å²) in [5.74, 6) is -0.306. The Hall–Kier alpha value is -3.24. The summed E-state index contributed by atoms with van der Waals surface area (Å²) in [6.07, 6.45) is 5.16. The molecule has 8 nitrogen and oxygen atoms in total. The van der Waals surface area contributed by atoms with E-state index < -0.39 is 10.0 Å². The van der Waals surface area contributed by atoms with E-state index in [4.69, 9.17) is 0 Å². The summed E-state index contributed by atoms with van der Waals surface area (Å²) in [7, 11) is -3.73. The predicted molar refractivity (Wildman–Crippen MR) is 107 cm³/mol. The van der Waals surface area contributed by atoms with Crippen LogP contribution < -0.4 is 10.0 Å². The van der Waals surface area contributed by atoms with Gasteiger partial charge in [0.2, 0.25) is 0 Å². The summed E-state index contributed by atoms with van der Waals surface area (Å²) in [6.45, 7) is 1.88. The molecule has 0 fully saturated rings. The third-order valence-corrected chi connectivity index (χ3v) is 6.09. The molecule has 0 saturated heterocycles. The molecule has 0 saturated carbocycles. The highest BCUT2D eigenvalue weighted by Crippen LogP contribution is 2.20. The second-order valence-electron chi connectivity index (χ2n) is 5.98. The minimum Gasteiger partial charge on any atom is -0.322 e. The molecule has 28 heavy (non-hydrogen) atoms. The summed E-state index contributed by atoms with van der Waals surface area (Å²) in [5.41, 5.74) is 2.48. The number of hydrogen-bond acceptors (Lipinski definition) is 6. The van der Waals surface area contributed by atoms with Crippen LogP contribution >= 0.6 is 11.3 Å². The van der Waals surface area contributed by atoms with Crippen molar-refractivity contribution in [3.63, 3.8) is 0 Å². The molecular weight excluding hydrogens is 398 g/mol. The number of carbonyl (C=O) groups is 1. The van der Waals surface area contributed by atoms with E-state index in [1.54, 1.807) is 23.7 Å². The van der Waals surface area contributed by atoms with Gasteiger partial charge in [-0.1, -0.05) is 0 Å². The van der Waals surface area contributed by atoms with Crippen molar-refractivity contribution in [1.29, 1.82) is 0 Å². The molecule has 3 heterocycles. The highest BCUT2D eigenvalue weighted by molar-refractivity contribution is 7.93. The molecule has 0 aliphatic rings. The summed E-state index contributed by atoms with van der Waals surface area (Å²) in [5, 5.41) is 4.73. The number of amides is 1. The van der Waals surface area contributed by atoms with Gasteiger partial charge in [0.05, 0.1) is 10.6 Å². The van der Waals surface area contributed by atoms with Crippen LogP contribution in [-0.2, 0) is 10.0 Å². The summed E-state index contributed by atoms with van der Waals surface area (Å²) in [6, 6.07) is 9.30. The number of pyridine rings is 1. The average Bonchev–Trinajstić information content (AvgIpc) is 3.29. The first-order valence-corrected chi connectivity index (χ1v) is 10.6. The Morgan fingerprint density at radius 1 is 1.18 bits per heavy atom. The summed E-state index contributed by atoms with van der Waals surface area (Å²) in [4.78, 5) is 20.8. The second-order valence-corrected chi connectivity index (χ2v) is 8.56. The Balaban J connectivity index is 1.49. The zero-order valence-electron chi connectivity index (χ0n) is 14.7. The van der Waals surface area contributed by atoms with Gasteiger partial charge in [0.15, 0.2) is 5.13 Å². The van der Waals surface area contributed by atoms with Crippen LogP contribution in [0.1, 0.15) is 16.1 Å². The molecule has 1 aromatic carbocycles. The number of hydrogen-bond donors (Lipinski definition) is 2. The van der Waals surface area contributed by atoms with E-state index in [-0.39, 0.29) is 10.8 Å². The van der Waals surface area contributed by atoms with Gasteiger partial charge < -0.3 is 9.72 Å². The van der Waals surface area contributed by atoms with Gasteiger partial charge in [0.1, 0.15) is 5.65 Å². The van der Waals surface area contributed by atoms with Crippen LogP contribution in [0.3, 0.4) is 0 Å². The molecule has 4 rings (SSSR count). The fraction of sp³-hybridized carbons (Fsp3) is 0.0556. The van der Waals surface area contributed by atoms with Crippen molar-refractivity contribution in [3.05, 3.63) is 71.6 Å². The molecule has 0 radical (unpaired) electrons. The Labute approximate surface area is 164 Å². The molecule has 0 aliphatic heterocycles. The number of aromatic nitrogens is 3. The first-order valence-electron chi connectivity index (χ1n) is 8.20. The third kappa shape index (κ3) is 3.73. The lowest BCUT2D eigenvalue weighted by atomic mass is 10.2. The molecule has 0 bridgehead atoms. The van der Waals surface area contributed by atoms with Crippen LogP contribution in [0, 0.1) is 6.92 Å². The topological polar surface area (TPSA) is 105 Å². The molecule has 2 N–H and O–H groups in total. The number of thiazole rings is 1. The number of carbonyl (C=O) groups excluding carboxylic acids is 1. The van der Waals surface area contributed by atoms with E-state index >= 15 is 0 Å². The number of aryl methyl sites for hydroxylation is 1. The van der Waals surface area contributed by atoms with E-state index in [0.717, 1.165) is 5.69 Å². The smallest absolute Gasteiger partial charge is 0.263 e. The van der Waals surface area contributed by atoms with Crippen molar-refractivity contribution < 1.29 is 13.2 Å². The lowest BCUT2D eigenvalue weighted by Crippen LogP contribution is -2.14. The number of nitrogens with zero attached hydrogens (tertiary/aromatic N) is 3. The van der Waals surface area contributed by atoms with Crippen LogP contribution in [-0.4, -0.2) is 28.7 Å². The van der Waals surface area contributed by atoms with Crippen molar-refractivity contribution >= 4 is 43.7 Å². The maximum absolute atomic E-state index is 12.5. The van der Waals surface area contributed by atoms with Gasteiger partial charge in [0.25, 0.3) is 15.9 Å². The van der Waals surface area contributed by atoms with Gasteiger partial charge in [-0.3, -0.25) is 9.52 Å². The van der Waals surface area contributed by atoms with Crippen LogP contribution in [0.5, 0.6) is 0 Å². The molecule has 1 amide bonds. The van der Waals surface area contributed by atoms with Crippen molar-refractivity contribution in [2.45, 2.75) is 11.8 Å². The van der Waals surface area contributed by atoms with Crippen LogP contribution in [0.15, 0.2) is 65.3 Å². The number of imidazole rings is 1. The molecular formula is C18H15N5O3S2. The number of nitrogens with one attached hydrogen (secondary N) is 2. The van der Waals surface area contributed by atoms with Crippen molar-refractivity contribution in [2.75, 3.05) is 10.0 Å². The van der Waals surface area contributed by atoms with Gasteiger partial charge in [-0.05, 0) is 43.3 Å². The van der Waals surface area contributed by atoms with E-state index in [9.17, 15) is 13.2 Å². The predicted octanol–water partition coefficient (Wildman–Crippen LogP) is 3.15. The number of rotatable bonds is 5. The van der Waals surface area contributed by atoms with Crippen LogP contribution in [0.25, 0.3) is 5.65 Å². The Morgan fingerprint density at radius 3 is 2.68 bits per heavy atom. The maximum Gasteiger partial charge on any atom is 0.263 e. The van der Waals surface area contributed by atoms with Crippen molar-refractivity contribution in [1.82, 2.24) is 14.4 Å². The molecule has 0 atom stereocenters. The molecule has 10 heteroatoms. The second kappa shape index (κ2) is 7.06. The SMILES string of the molecule is Cc1cn2ccc(C(=O)Nc3ccc(S(=O)(=O)Nc4nccs4)cc3)cc2n1. The summed E-state index contributed by atoms with van der Waals surface area (Å²) < 4.78 is 28.9. The molecule has 0 spiro atoms. The molecule has 0 unspecified atom stereocenters. The number of sulfonamides is 1. The van der Waals surface area contributed by atoms with Crippen molar-refractivity contribution in [2.24, 2.45) is 0 Å². The fourth-order valence-corrected chi connectivity index (χ4v) is 4.41. The quantitative estimate of drug-likeness (QED) is 0.523.